The normalized spacial score (nSPS) is 19.2. The van der Waals surface area contributed by atoms with Crippen LogP contribution < -0.4 is 4.72 Å². The van der Waals surface area contributed by atoms with Gasteiger partial charge in [0.25, 0.3) is 0 Å². The molecule has 1 heterocycles. The van der Waals surface area contributed by atoms with Crippen molar-refractivity contribution in [3.8, 4) is 0 Å². The molecule has 0 bridgehead atoms. The van der Waals surface area contributed by atoms with Gasteiger partial charge in [0, 0.05) is 13.6 Å². The Balaban J connectivity index is 1.98. The van der Waals surface area contributed by atoms with Crippen LogP contribution in [-0.2, 0) is 21.2 Å². The zero-order chi connectivity index (χ0) is 14.8. The summed E-state index contributed by atoms with van der Waals surface area (Å²) in [7, 11) is -1.96. The number of nitrogens with zero attached hydrogens (tertiary/aromatic N) is 1. The van der Waals surface area contributed by atoms with Crippen LogP contribution in [0.1, 0.15) is 12.5 Å². The number of hydrogen-bond donors (Lipinski definition) is 1. The summed E-state index contributed by atoms with van der Waals surface area (Å²) in [4.78, 5) is 12.8. The molecule has 1 aliphatic rings. The zero-order valence-corrected chi connectivity index (χ0v) is 12.3. The molecule has 0 aliphatic carbocycles. The minimum atomic E-state index is -3.57. The number of cyclic esters (lactones) is 1. The fraction of sp³-hybridized carbons (Fsp3) is 0.462. The molecular weight excluding hydrogens is 280 g/mol. The Morgan fingerprint density at radius 2 is 2.00 bits per heavy atom. The highest BCUT2D eigenvalue weighted by molar-refractivity contribution is 7.89. The van der Waals surface area contributed by atoms with E-state index in [0.29, 0.717) is 6.54 Å². The number of carbonyl (C=O) groups is 1. The third-order valence-corrected chi connectivity index (χ3v) is 4.64. The minimum absolute atomic E-state index is 0.0773. The third kappa shape index (κ3) is 3.29. The van der Waals surface area contributed by atoms with Crippen LogP contribution in [0, 0.1) is 0 Å². The van der Waals surface area contributed by atoms with Gasteiger partial charge in [-0.15, -0.1) is 0 Å². The molecule has 1 unspecified atom stereocenters. The van der Waals surface area contributed by atoms with Crippen molar-refractivity contribution in [2.75, 3.05) is 20.1 Å². The van der Waals surface area contributed by atoms with Crippen molar-refractivity contribution >= 4 is 16.1 Å². The number of rotatable bonds is 5. The van der Waals surface area contributed by atoms with E-state index >= 15 is 0 Å². The van der Waals surface area contributed by atoms with Gasteiger partial charge in [0.2, 0.25) is 10.0 Å². The number of ether oxygens (including phenoxy) is 1. The van der Waals surface area contributed by atoms with E-state index in [0.717, 1.165) is 12.0 Å². The molecule has 1 saturated heterocycles. The standard InChI is InChI=1S/C13H18N2O4S/c1-3-10-4-6-12(7-5-10)20(17,18)14-8-11-9-15(2)13(16)19-11/h4-7,11,14H,3,8-9H2,1-2H3. The predicted molar refractivity (Wildman–Crippen MR) is 73.9 cm³/mol. The molecule has 1 aromatic rings. The average molecular weight is 298 g/mol. The lowest BCUT2D eigenvalue weighted by Gasteiger charge is -2.10. The predicted octanol–water partition coefficient (Wildman–Crippen LogP) is 0.978. The maximum absolute atomic E-state index is 12.1. The van der Waals surface area contributed by atoms with Gasteiger partial charge < -0.3 is 9.64 Å². The van der Waals surface area contributed by atoms with Gasteiger partial charge in [0.15, 0.2) is 0 Å². The molecule has 1 atom stereocenters. The first kappa shape index (κ1) is 14.8. The second kappa shape index (κ2) is 5.80. The van der Waals surface area contributed by atoms with Crippen LogP contribution in [0.4, 0.5) is 4.79 Å². The molecule has 1 amide bonds. The summed E-state index contributed by atoms with van der Waals surface area (Å²) in [5.41, 5.74) is 1.08. The molecule has 20 heavy (non-hydrogen) atoms. The molecule has 1 aromatic carbocycles. The first-order valence-corrected chi connectivity index (χ1v) is 7.91. The van der Waals surface area contributed by atoms with E-state index in [1.165, 1.54) is 4.90 Å². The number of hydrogen-bond acceptors (Lipinski definition) is 4. The van der Waals surface area contributed by atoms with Gasteiger partial charge in [-0.3, -0.25) is 0 Å². The number of benzene rings is 1. The van der Waals surface area contributed by atoms with Crippen LogP contribution in [0.2, 0.25) is 0 Å². The summed E-state index contributed by atoms with van der Waals surface area (Å²) in [6, 6.07) is 6.73. The van der Waals surface area contributed by atoms with Gasteiger partial charge in [0.1, 0.15) is 6.10 Å². The maximum atomic E-state index is 12.1. The van der Waals surface area contributed by atoms with Crippen molar-refractivity contribution in [1.29, 1.82) is 0 Å². The van der Waals surface area contributed by atoms with Crippen molar-refractivity contribution in [2.24, 2.45) is 0 Å². The number of carbonyl (C=O) groups excluding carboxylic acids is 1. The Morgan fingerprint density at radius 3 is 2.50 bits per heavy atom. The molecule has 0 radical (unpaired) electrons. The molecule has 110 valence electrons. The molecule has 1 aliphatic heterocycles. The molecule has 0 saturated carbocycles. The topological polar surface area (TPSA) is 75.7 Å². The second-order valence-corrected chi connectivity index (χ2v) is 6.50. The molecule has 6 nitrogen and oxygen atoms in total. The zero-order valence-electron chi connectivity index (χ0n) is 11.5. The van der Waals surface area contributed by atoms with Crippen molar-refractivity contribution in [3.05, 3.63) is 29.8 Å². The van der Waals surface area contributed by atoms with Crippen molar-refractivity contribution < 1.29 is 17.9 Å². The van der Waals surface area contributed by atoms with E-state index in [1.54, 1.807) is 31.3 Å². The lowest BCUT2D eigenvalue weighted by Crippen LogP contribution is -2.34. The summed E-state index contributed by atoms with van der Waals surface area (Å²) in [5.74, 6) is 0. The van der Waals surface area contributed by atoms with Gasteiger partial charge in [0.05, 0.1) is 11.4 Å². The monoisotopic (exact) mass is 298 g/mol. The van der Waals surface area contributed by atoms with E-state index in [2.05, 4.69) is 4.72 Å². The lowest BCUT2D eigenvalue weighted by atomic mass is 10.2. The number of amides is 1. The molecule has 0 spiro atoms. The highest BCUT2D eigenvalue weighted by Crippen LogP contribution is 2.12. The summed E-state index contributed by atoms with van der Waals surface area (Å²) in [6.07, 6.45) is -0.0170. The van der Waals surface area contributed by atoms with Crippen LogP contribution in [0.5, 0.6) is 0 Å². The Hall–Kier alpha value is -1.60. The number of nitrogens with one attached hydrogen (secondary N) is 1. The van der Waals surface area contributed by atoms with Gasteiger partial charge in [-0.25, -0.2) is 17.9 Å². The fourth-order valence-electron chi connectivity index (χ4n) is 1.95. The first-order chi connectivity index (χ1) is 9.42. The van der Waals surface area contributed by atoms with E-state index in [9.17, 15) is 13.2 Å². The van der Waals surface area contributed by atoms with Crippen molar-refractivity contribution in [2.45, 2.75) is 24.3 Å². The van der Waals surface area contributed by atoms with Gasteiger partial charge >= 0.3 is 6.09 Å². The number of likely N-dealkylation sites (N-methyl/N-ethyl adjacent to an activating group) is 1. The van der Waals surface area contributed by atoms with E-state index in [4.69, 9.17) is 4.74 Å². The Kier molecular flexibility index (Phi) is 4.29. The summed E-state index contributed by atoms with van der Waals surface area (Å²) in [6.45, 7) is 2.47. The molecule has 1 fully saturated rings. The molecule has 7 heteroatoms. The van der Waals surface area contributed by atoms with Crippen LogP contribution in [-0.4, -0.2) is 45.7 Å². The SMILES string of the molecule is CCc1ccc(S(=O)(=O)NCC2CN(C)C(=O)O2)cc1. The summed E-state index contributed by atoms with van der Waals surface area (Å²) in [5, 5.41) is 0. The molecule has 1 N–H and O–H groups in total. The minimum Gasteiger partial charge on any atom is -0.443 e. The fourth-order valence-corrected chi connectivity index (χ4v) is 3.01. The average Bonchev–Trinajstić information content (AvgIpc) is 2.76. The largest absolute Gasteiger partial charge is 0.443 e. The molecular formula is C13H18N2O4S. The Bertz CT molecular complexity index is 583. The molecule has 0 aromatic heterocycles. The van der Waals surface area contributed by atoms with Gasteiger partial charge in [-0.2, -0.15) is 0 Å². The maximum Gasteiger partial charge on any atom is 0.410 e. The number of aryl methyl sites for hydroxylation is 1. The van der Waals surface area contributed by atoms with Crippen LogP contribution in [0.3, 0.4) is 0 Å². The summed E-state index contributed by atoms with van der Waals surface area (Å²) < 4.78 is 31.6. The van der Waals surface area contributed by atoms with Crippen LogP contribution >= 0.6 is 0 Å². The van der Waals surface area contributed by atoms with Gasteiger partial charge in [-0.1, -0.05) is 19.1 Å². The Labute approximate surface area is 118 Å². The van der Waals surface area contributed by atoms with Crippen molar-refractivity contribution in [3.63, 3.8) is 0 Å². The second-order valence-electron chi connectivity index (χ2n) is 4.74. The third-order valence-electron chi connectivity index (χ3n) is 3.20. The van der Waals surface area contributed by atoms with Gasteiger partial charge in [-0.05, 0) is 24.1 Å². The van der Waals surface area contributed by atoms with Crippen LogP contribution in [0.25, 0.3) is 0 Å². The van der Waals surface area contributed by atoms with E-state index in [1.807, 2.05) is 6.92 Å². The lowest BCUT2D eigenvalue weighted by molar-refractivity contribution is 0.135. The van der Waals surface area contributed by atoms with E-state index in [-0.39, 0.29) is 11.4 Å². The highest BCUT2D eigenvalue weighted by atomic mass is 32.2. The van der Waals surface area contributed by atoms with Crippen LogP contribution in [0.15, 0.2) is 29.2 Å². The number of sulfonamides is 1. The summed E-state index contributed by atoms with van der Waals surface area (Å²) >= 11 is 0. The van der Waals surface area contributed by atoms with E-state index < -0.39 is 22.2 Å². The first-order valence-electron chi connectivity index (χ1n) is 6.42. The highest BCUT2D eigenvalue weighted by Gasteiger charge is 2.29. The smallest absolute Gasteiger partial charge is 0.410 e. The Morgan fingerprint density at radius 1 is 1.35 bits per heavy atom. The quantitative estimate of drug-likeness (QED) is 0.879. The molecule has 2 rings (SSSR count). The van der Waals surface area contributed by atoms with Crippen molar-refractivity contribution in [1.82, 2.24) is 9.62 Å².